The number of carbonyl (C=O) groups excluding carboxylic acids is 1. The minimum absolute atomic E-state index is 0.162. The van der Waals surface area contributed by atoms with Crippen LogP contribution in [0, 0.1) is 6.92 Å². The van der Waals surface area contributed by atoms with E-state index in [2.05, 4.69) is 15.2 Å². The summed E-state index contributed by atoms with van der Waals surface area (Å²) in [5.74, 6) is 0.141. The van der Waals surface area contributed by atoms with Gasteiger partial charge in [-0.25, -0.2) is 18.6 Å². The number of carbonyl (C=O) groups is 1. The number of hydrogen-bond donors (Lipinski definition) is 2. The molecule has 23 heavy (non-hydrogen) atoms. The van der Waals surface area contributed by atoms with E-state index in [4.69, 9.17) is 4.42 Å². The highest BCUT2D eigenvalue weighted by Gasteiger charge is 2.12. The zero-order valence-electron chi connectivity index (χ0n) is 13.0. The average molecular weight is 335 g/mol. The van der Waals surface area contributed by atoms with Gasteiger partial charge in [-0.2, -0.15) is 5.10 Å². The van der Waals surface area contributed by atoms with Gasteiger partial charge in [-0.05, 0) is 44.7 Å². The number of hydrazone groups is 1. The summed E-state index contributed by atoms with van der Waals surface area (Å²) in [6, 6.07) is 7.76. The van der Waals surface area contributed by atoms with Crippen LogP contribution in [-0.4, -0.2) is 27.1 Å². The first-order chi connectivity index (χ1) is 10.8. The van der Waals surface area contributed by atoms with Crippen LogP contribution in [0.2, 0.25) is 0 Å². The summed E-state index contributed by atoms with van der Waals surface area (Å²) >= 11 is 0. The highest BCUT2D eigenvalue weighted by atomic mass is 32.2. The number of nitrogens with zero attached hydrogens (tertiary/aromatic N) is 1. The molecule has 0 spiro atoms. The molecule has 2 aromatic rings. The van der Waals surface area contributed by atoms with Crippen molar-refractivity contribution in [2.24, 2.45) is 5.10 Å². The molecule has 1 heterocycles. The Kier molecular flexibility index (Phi) is 4.97. The van der Waals surface area contributed by atoms with Crippen LogP contribution in [-0.2, 0) is 10.0 Å². The Morgan fingerprint density at radius 2 is 1.83 bits per heavy atom. The van der Waals surface area contributed by atoms with Crippen LogP contribution in [0.5, 0.6) is 0 Å². The van der Waals surface area contributed by atoms with E-state index in [0.29, 0.717) is 22.6 Å². The van der Waals surface area contributed by atoms with Gasteiger partial charge in [0.05, 0.1) is 22.4 Å². The van der Waals surface area contributed by atoms with Crippen molar-refractivity contribution in [1.29, 1.82) is 0 Å². The van der Waals surface area contributed by atoms with Crippen molar-refractivity contribution < 1.29 is 17.6 Å². The summed E-state index contributed by atoms with van der Waals surface area (Å²) in [5, 5.41) is 4.01. The van der Waals surface area contributed by atoms with Crippen LogP contribution in [0.25, 0.3) is 0 Å². The van der Waals surface area contributed by atoms with Crippen molar-refractivity contribution in [3.8, 4) is 0 Å². The average Bonchev–Trinajstić information content (AvgIpc) is 2.98. The van der Waals surface area contributed by atoms with Crippen LogP contribution in [0.3, 0.4) is 0 Å². The molecule has 0 atom stereocenters. The van der Waals surface area contributed by atoms with Gasteiger partial charge in [-0.1, -0.05) is 12.1 Å². The highest BCUT2D eigenvalue weighted by Crippen LogP contribution is 2.11. The van der Waals surface area contributed by atoms with Crippen molar-refractivity contribution >= 4 is 21.6 Å². The van der Waals surface area contributed by atoms with E-state index < -0.39 is 10.0 Å². The molecule has 8 heteroatoms. The van der Waals surface area contributed by atoms with Crippen LogP contribution in [0.1, 0.15) is 28.6 Å². The maximum Gasteiger partial charge on any atom is 0.274 e. The molecule has 1 amide bonds. The molecular formula is C15H17N3O4S. The molecule has 7 nitrogen and oxygen atoms in total. The van der Waals surface area contributed by atoms with Gasteiger partial charge in [0.2, 0.25) is 10.0 Å². The molecule has 0 aliphatic heterocycles. The predicted octanol–water partition coefficient (Wildman–Crippen LogP) is 1.65. The third-order valence-corrected chi connectivity index (χ3v) is 4.71. The quantitative estimate of drug-likeness (QED) is 0.641. The van der Waals surface area contributed by atoms with Gasteiger partial charge in [0.25, 0.3) is 5.91 Å². The Morgan fingerprint density at radius 3 is 2.35 bits per heavy atom. The van der Waals surface area contributed by atoms with Crippen molar-refractivity contribution in [1.82, 2.24) is 10.1 Å². The summed E-state index contributed by atoms with van der Waals surface area (Å²) in [6.45, 7) is 3.40. The van der Waals surface area contributed by atoms with Crippen LogP contribution >= 0.6 is 0 Å². The predicted molar refractivity (Wildman–Crippen MR) is 85.8 cm³/mol. The number of sulfonamides is 1. The molecule has 0 saturated carbocycles. The second kappa shape index (κ2) is 6.76. The number of benzene rings is 1. The number of rotatable bonds is 5. The maximum absolute atomic E-state index is 11.9. The molecule has 0 radical (unpaired) electrons. The second-order valence-corrected chi connectivity index (χ2v) is 6.65. The molecule has 0 aliphatic rings. The van der Waals surface area contributed by atoms with Crippen molar-refractivity contribution in [3.05, 3.63) is 53.5 Å². The van der Waals surface area contributed by atoms with Crippen molar-refractivity contribution in [2.75, 3.05) is 7.05 Å². The molecule has 122 valence electrons. The van der Waals surface area contributed by atoms with Crippen LogP contribution in [0.4, 0.5) is 0 Å². The maximum atomic E-state index is 11.9. The third kappa shape index (κ3) is 3.85. The molecular weight excluding hydrogens is 318 g/mol. The van der Waals surface area contributed by atoms with Gasteiger partial charge < -0.3 is 4.42 Å². The summed E-state index contributed by atoms with van der Waals surface area (Å²) < 4.78 is 30.6. The number of nitrogens with one attached hydrogen (secondary N) is 2. The van der Waals surface area contributed by atoms with Gasteiger partial charge >= 0.3 is 0 Å². The Balaban J connectivity index is 2.13. The first-order valence-electron chi connectivity index (χ1n) is 6.78. The van der Waals surface area contributed by atoms with E-state index in [1.54, 1.807) is 32.0 Å². The van der Waals surface area contributed by atoms with E-state index >= 15 is 0 Å². The molecule has 1 aromatic carbocycles. The first kappa shape index (κ1) is 16.9. The topological polar surface area (TPSA) is 101 Å². The first-order valence-corrected chi connectivity index (χ1v) is 8.26. The van der Waals surface area contributed by atoms with Gasteiger partial charge in [-0.3, -0.25) is 4.79 Å². The lowest BCUT2D eigenvalue weighted by molar-refractivity contribution is 0.0953. The van der Waals surface area contributed by atoms with Crippen LogP contribution in [0.15, 0.2) is 51.0 Å². The lowest BCUT2D eigenvalue weighted by atomic mass is 10.1. The number of aryl methyl sites for hydroxylation is 1. The summed E-state index contributed by atoms with van der Waals surface area (Å²) in [7, 11) is -2.12. The molecule has 0 fully saturated rings. The van der Waals surface area contributed by atoms with Gasteiger partial charge in [-0.15, -0.1) is 0 Å². The molecule has 0 saturated heterocycles. The number of furan rings is 1. The standard InChI is InChI=1S/C15H17N3O4S/c1-10(17-18-15(19)14-8-9-22-11(14)2)12-4-6-13(7-5-12)23(20,21)16-3/h4-9,16H,1-3H3,(H,18,19)/b17-10+. The van der Waals surface area contributed by atoms with E-state index in [1.165, 1.54) is 25.4 Å². The summed E-state index contributed by atoms with van der Waals surface area (Å²) in [5.41, 5.74) is 4.10. The molecule has 1 aromatic heterocycles. The Hall–Kier alpha value is -2.45. The zero-order valence-corrected chi connectivity index (χ0v) is 13.8. The summed E-state index contributed by atoms with van der Waals surface area (Å²) in [4.78, 5) is 12.1. The second-order valence-electron chi connectivity index (χ2n) is 4.76. The third-order valence-electron chi connectivity index (χ3n) is 3.28. The summed E-state index contributed by atoms with van der Waals surface area (Å²) in [6.07, 6.45) is 1.43. The number of hydrogen-bond acceptors (Lipinski definition) is 5. The van der Waals surface area contributed by atoms with Crippen molar-refractivity contribution in [3.63, 3.8) is 0 Å². The van der Waals surface area contributed by atoms with Gasteiger partial charge in [0.1, 0.15) is 5.76 Å². The lowest BCUT2D eigenvalue weighted by Crippen LogP contribution is -2.20. The Bertz CT molecular complexity index is 836. The largest absolute Gasteiger partial charge is 0.469 e. The molecule has 2 rings (SSSR count). The minimum atomic E-state index is -3.47. The normalized spacial score (nSPS) is 12.2. The fraction of sp³-hybridized carbons (Fsp3) is 0.200. The smallest absolute Gasteiger partial charge is 0.274 e. The fourth-order valence-electron chi connectivity index (χ4n) is 1.87. The Morgan fingerprint density at radius 1 is 1.17 bits per heavy atom. The van der Waals surface area contributed by atoms with Crippen molar-refractivity contribution in [2.45, 2.75) is 18.7 Å². The lowest BCUT2D eigenvalue weighted by Gasteiger charge is -2.05. The zero-order chi connectivity index (χ0) is 17.0. The number of amides is 1. The van der Waals surface area contributed by atoms with E-state index in [-0.39, 0.29) is 10.8 Å². The Labute approximate surface area is 134 Å². The monoisotopic (exact) mass is 335 g/mol. The van der Waals surface area contributed by atoms with Crippen LogP contribution < -0.4 is 10.1 Å². The SMILES string of the molecule is CNS(=O)(=O)c1ccc(/C(C)=N/NC(=O)c2ccoc2C)cc1. The van der Waals surface area contributed by atoms with E-state index in [9.17, 15) is 13.2 Å². The molecule has 0 bridgehead atoms. The minimum Gasteiger partial charge on any atom is -0.469 e. The van der Waals surface area contributed by atoms with E-state index in [0.717, 1.165) is 0 Å². The molecule has 0 unspecified atom stereocenters. The fourth-order valence-corrected chi connectivity index (χ4v) is 2.60. The molecule has 0 aliphatic carbocycles. The highest BCUT2D eigenvalue weighted by molar-refractivity contribution is 7.89. The molecule has 2 N–H and O–H groups in total. The van der Waals surface area contributed by atoms with Gasteiger partial charge in [0.15, 0.2) is 0 Å². The van der Waals surface area contributed by atoms with E-state index in [1.807, 2.05) is 0 Å². The van der Waals surface area contributed by atoms with Gasteiger partial charge in [0, 0.05) is 0 Å².